The Morgan fingerprint density at radius 3 is 2.09 bits per heavy atom. The van der Waals surface area contributed by atoms with Crippen LogP contribution < -0.4 is 11.1 Å². The Labute approximate surface area is 132 Å². The molecule has 0 aromatic rings. The van der Waals surface area contributed by atoms with Gasteiger partial charge in [-0.25, -0.2) is 0 Å². The summed E-state index contributed by atoms with van der Waals surface area (Å²) in [7, 11) is 0. The van der Waals surface area contributed by atoms with E-state index in [-0.39, 0.29) is 19.1 Å². The van der Waals surface area contributed by atoms with Crippen LogP contribution in [0.5, 0.6) is 0 Å². The highest BCUT2D eigenvalue weighted by Gasteiger charge is 2.13. The van der Waals surface area contributed by atoms with Crippen molar-refractivity contribution in [2.75, 3.05) is 52.4 Å². The van der Waals surface area contributed by atoms with Crippen LogP contribution >= 0.6 is 0 Å². The van der Waals surface area contributed by atoms with E-state index in [1.165, 1.54) is 0 Å². The Bertz CT molecular complexity index is 328. The second-order valence-electron chi connectivity index (χ2n) is 5.30. The zero-order chi connectivity index (χ0) is 17.0. The molecular weight excluding hydrogens is 288 g/mol. The second-order valence-corrected chi connectivity index (χ2v) is 5.30. The molecule has 0 spiro atoms. The molecule has 0 saturated heterocycles. The van der Waals surface area contributed by atoms with Gasteiger partial charge in [0.05, 0.1) is 13.1 Å². The molecule has 5 N–H and O–H groups in total. The first-order valence-corrected chi connectivity index (χ1v) is 7.73. The number of carboxylic acid groups (broad SMARTS) is 2. The van der Waals surface area contributed by atoms with Crippen molar-refractivity contribution in [3.63, 3.8) is 0 Å². The fourth-order valence-electron chi connectivity index (χ4n) is 1.95. The highest BCUT2D eigenvalue weighted by molar-refractivity contribution is 5.69. The van der Waals surface area contributed by atoms with E-state index in [2.05, 4.69) is 5.32 Å². The molecule has 0 aliphatic heterocycles. The lowest BCUT2D eigenvalue weighted by molar-refractivity contribution is -0.140. The lowest BCUT2D eigenvalue weighted by atomic mass is 10.2. The molecule has 0 aliphatic rings. The zero-order valence-corrected chi connectivity index (χ0v) is 13.6. The van der Waals surface area contributed by atoms with Crippen LogP contribution in [0.4, 0.5) is 0 Å². The molecule has 0 aromatic heterocycles. The van der Waals surface area contributed by atoms with Gasteiger partial charge in [0.25, 0.3) is 0 Å². The smallest absolute Gasteiger partial charge is 0.317 e. The Morgan fingerprint density at radius 2 is 1.59 bits per heavy atom. The minimum atomic E-state index is -0.883. The molecule has 22 heavy (non-hydrogen) atoms. The molecule has 0 radical (unpaired) electrons. The largest absolute Gasteiger partial charge is 0.480 e. The number of nitrogens with zero attached hydrogens (tertiary/aromatic N) is 2. The van der Waals surface area contributed by atoms with Crippen molar-refractivity contribution < 1.29 is 19.8 Å². The van der Waals surface area contributed by atoms with E-state index in [1.54, 1.807) is 9.80 Å². The summed E-state index contributed by atoms with van der Waals surface area (Å²) in [5.74, 6) is -1.76. The van der Waals surface area contributed by atoms with Gasteiger partial charge in [0.2, 0.25) is 0 Å². The van der Waals surface area contributed by atoms with Gasteiger partial charge in [-0.3, -0.25) is 19.4 Å². The third-order valence-electron chi connectivity index (χ3n) is 3.43. The van der Waals surface area contributed by atoms with Crippen LogP contribution in [0.2, 0.25) is 0 Å². The number of rotatable bonds is 14. The Hall–Kier alpha value is -1.22. The van der Waals surface area contributed by atoms with E-state index in [0.29, 0.717) is 39.3 Å². The highest BCUT2D eigenvalue weighted by atomic mass is 16.4. The minimum absolute atomic E-state index is 0.0268. The maximum atomic E-state index is 10.9. The Balaban J connectivity index is 4.15. The normalized spacial score (nSPS) is 12.8. The number of hydrogen-bond acceptors (Lipinski definition) is 6. The Kier molecular flexibility index (Phi) is 11.7. The molecule has 8 nitrogen and oxygen atoms in total. The van der Waals surface area contributed by atoms with E-state index in [4.69, 9.17) is 15.9 Å². The molecule has 1 atom stereocenters. The SMILES string of the molecule is CCC(N)CNCCN(CCN(CC)CC(=O)O)CC(=O)O. The number of aliphatic carboxylic acids is 2. The van der Waals surface area contributed by atoms with Crippen molar-refractivity contribution in [3.8, 4) is 0 Å². The summed E-state index contributed by atoms with van der Waals surface area (Å²) in [5, 5.41) is 21.0. The van der Waals surface area contributed by atoms with Gasteiger partial charge >= 0.3 is 11.9 Å². The van der Waals surface area contributed by atoms with Crippen LogP contribution in [-0.4, -0.2) is 90.4 Å². The lowest BCUT2D eigenvalue weighted by Gasteiger charge is -2.25. The first kappa shape index (κ1) is 20.8. The van der Waals surface area contributed by atoms with Crippen LogP contribution in [0, 0.1) is 0 Å². The van der Waals surface area contributed by atoms with Crippen molar-refractivity contribution in [2.45, 2.75) is 26.3 Å². The molecule has 0 aromatic carbocycles. The summed E-state index contributed by atoms with van der Waals surface area (Å²) in [4.78, 5) is 25.2. The molecule has 0 heterocycles. The predicted molar refractivity (Wildman–Crippen MR) is 85.0 cm³/mol. The van der Waals surface area contributed by atoms with Gasteiger partial charge in [0.15, 0.2) is 0 Å². The zero-order valence-electron chi connectivity index (χ0n) is 13.6. The summed E-state index contributed by atoms with van der Waals surface area (Å²) in [5.41, 5.74) is 5.80. The summed E-state index contributed by atoms with van der Waals surface area (Å²) in [6.45, 7) is 7.46. The second kappa shape index (κ2) is 12.3. The monoisotopic (exact) mass is 318 g/mol. The average molecular weight is 318 g/mol. The molecule has 130 valence electrons. The maximum Gasteiger partial charge on any atom is 0.317 e. The molecule has 1 unspecified atom stereocenters. The molecular formula is C14H30N4O4. The summed E-state index contributed by atoms with van der Waals surface area (Å²) >= 11 is 0. The summed E-state index contributed by atoms with van der Waals surface area (Å²) in [6.07, 6.45) is 0.895. The quantitative estimate of drug-likeness (QED) is 0.304. The summed E-state index contributed by atoms with van der Waals surface area (Å²) < 4.78 is 0. The van der Waals surface area contributed by atoms with E-state index < -0.39 is 11.9 Å². The third-order valence-corrected chi connectivity index (χ3v) is 3.43. The standard InChI is InChI=1S/C14H30N4O4/c1-3-12(15)9-16-5-6-18(11-14(21)22)8-7-17(4-2)10-13(19)20/h12,16H,3-11,15H2,1-2H3,(H,19,20)(H,21,22). The van der Waals surface area contributed by atoms with Crippen molar-refractivity contribution in [1.82, 2.24) is 15.1 Å². The molecule has 0 aliphatic carbocycles. The van der Waals surface area contributed by atoms with Crippen LogP contribution in [0.3, 0.4) is 0 Å². The van der Waals surface area contributed by atoms with Crippen molar-refractivity contribution in [3.05, 3.63) is 0 Å². The van der Waals surface area contributed by atoms with Crippen LogP contribution in [-0.2, 0) is 9.59 Å². The number of nitrogens with two attached hydrogens (primary N) is 1. The number of likely N-dealkylation sites (N-methyl/N-ethyl adjacent to an activating group) is 1. The molecule has 0 amide bonds. The van der Waals surface area contributed by atoms with Gasteiger partial charge in [-0.05, 0) is 13.0 Å². The predicted octanol–water partition coefficient (Wildman–Crippen LogP) is -0.894. The van der Waals surface area contributed by atoms with Crippen LogP contribution in [0.1, 0.15) is 20.3 Å². The molecule has 0 rings (SSSR count). The van der Waals surface area contributed by atoms with Gasteiger partial charge < -0.3 is 21.3 Å². The van der Waals surface area contributed by atoms with Gasteiger partial charge in [0.1, 0.15) is 0 Å². The van der Waals surface area contributed by atoms with E-state index in [0.717, 1.165) is 6.42 Å². The average Bonchev–Trinajstić information content (AvgIpc) is 2.45. The number of hydrogen-bond donors (Lipinski definition) is 4. The number of carbonyl (C=O) groups is 2. The van der Waals surface area contributed by atoms with Crippen LogP contribution in [0.25, 0.3) is 0 Å². The maximum absolute atomic E-state index is 10.9. The van der Waals surface area contributed by atoms with E-state index >= 15 is 0 Å². The molecule has 0 fully saturated rings. The fraction of sp³-hybridized carbons (Fsp3) is 0.857. The minimum Gasteiger partial charge on any atom is -0.480 e. The van der Waals surface area contributed by atoms with Gasteiger partial charge in [0, 0.05) is 38.8 Å². The van der Waals surface area contributed by atoms with Gasteiger partial charge in [-0.2, -0.15) is 0 Å². The van der Waals surface area contributed by atoms with Crippen molar-refractivity contribution >= 4 is 11.9 Å². The topological polar surface area (TPSA) is 119 Å². The van der Waals surface area contributed by atoms with Crippen LogP contribution in [0.15, 0.2) is 0 Å². The first-order chi connectivity index (χ1) is 10.4. The molecule has 0 bridgehead atoms. The van der Waals surface area contributed by atoms with E-state index in [1.807, 2.05) is 13.8 Å². The number of carboxylic acids is 2. The Morgan fingerprint density at radius 1 is 1.05 bits per heavy atom. The fourth-order valence-corrected chi connectivity index (χ4v) is 1.95. The van der Waals surface area contributed by atoms with Gasteiger partial charge in [-0.1, -0.05) is 13.8 Å². The van der Waals surface area contributed by atoms with Gasteiger partial charge in [-0.15, -0.1) is 0 Å². The first-order valence-electron chi connectivity index (χ1n) is 7.73. The van der Waals surface area contributed by atoms with Crippen molar-refractivity contribution in [1.29, 1.82) is 0 Å². The van der Waals surface area contributed by atoms with E-state index in [9.17, 15) is 9.59 Å². The summed E-state index contributed by atoms with van der Waals surface area (Å²) in [6, 6.07) is 0.110. The lowest BCUT2D eigenvalue weighted by Crippen LogP contribution is -2.43. The highest BCUT2D eigenvalue weighted by Crippen LogP contribution is 1.93. The molecule has 0 saturated carbocycles. The van der Waals surface area contributed by atoms with Crippen molar-refractivity contribution in [2.24, 2.45) is 5.73 Å². The number of nitrogens with one attached hydrogen (secondary N) is 1. The third kappa shape index (κ3) is 11.4. The molecule has 8 heteroatoms.